The molecule has 41 heavy (non-hydrogen) atoms. The molecule has 228 valence electrons. The molecule has 3 N–H and O–H groups in total. The molecule has 1 rings (SSSR count). The van der Waals surface area contributed by atoms with Crippen molar-refractivity contribution in [2.75, 3.05) is 33.3 Å². The number of hydrogen-bond donors (Lipinski definition) is 3. The van der Waals surface area contributed by atoms with Crippen molar-refractivity contribution in [3.63, 3.8) is 0 Å². The number of halogens is 1. The summed E-state index contributed by atoms with van der Waals surface area (Å²) < 4.78 is 19.7. The second-order valence-electron chi connectivity index (χ2n) is 9.43. The molecule has 0 fully saturated rings. The number of amides is 1. The van der Waals surface area contributed by atoms with Gasteiger partial charge in [-0.25, -0.2) is 14.0 Å². The highest BCUT2D eigenvalue weighted by atomic mass is 19.1. The van der Waals surface area contributed by atoms with E-state index in [1.54, 1.807) is 6.07 Å². The van der Waals surface area contributed by atoms with Gasteiger partial charge in [-0.2, -0.15) is 0 Å². The Morgan fingerprint density at radius 3 is 2.05 bits per heavy atom. The maximum absolute atomic E-state index is 14.3. The Bertz CT molecular complexity index is 992. The quantitative estimate of drug-likeness (QED) is 0.0765. The van der Waals surface area contributed by atoms with Crippen LogP contribution in [-0.2, 0) is 14.4 Å². The number of ketones is 1. The minimum Gasteiger partial charge on any atom is -0.486 e. The minimum absolute atomic E-state index is 0.0245. The van der Waals surface area contributed by atoms with Crippen LogP contribution in [0.1, 0.15) is 75.1 Å². The summed E-state index contributed by atoms with van der Waals surface area (Å²) in [5.74, 6) is -2.85. The third kappa shape index (κ3) is 22.7. The van der Waals surface area contributed by atoms with E-state index in [4.69, 9.17) is 14.9 Å². The van der Waals surface area contributed by atoms with Crippen LogP contribution in [0.25, 0.3) is 0 Å². The van der Waals surface area contributed by atoms with E-state index in [9.17, 15) is 23.6 Å². The first-order chi connectivity index (χ1) is 19.6. The summed E-state index contributed by atoms with van der Waals surface area (Å²) in [4.78, 5) is 44.3. The summed E-state index contributed by atoms with van der Waals surface area (Å²) in [7, 11) is 1.99. The van der Waals surface area contributed by atoms with Crippen molar-refractivity contribution in [3.05, 3.63) is 66.5 Å². The SMILES string of the molecule is C=CCN(C)CC=CCOc1ccc(C(=O)CCCCCCCCCCNC(C)=O)cc1F.O=C(O)C=CC(=O)O. The first kappa shape index (κ1) is 37.2. The fourth-order valence-electron chi connectivity index (χ4n) is 3.57. The summed E-state index contributed by atoms with van der Waals surface area (Å²) in [6.45, 7) is 7.85. The number of carbonyl (C=O) groups is 4. The highest BCUT2D eigenvalue weighted by molar-refractivity contribution is 5.96. The number of carboxylic acid groups (broad SMARTS) is 2. The summed E-state index contributed by atoms with van der Waals surface area (Å²) in [5, 5.41) is 18.4. The summed E-state index contributed by atoms with van der Waals surface area (Å²) in [5.41, 5.74) is 0.403. The van der Waals surface area contributed by atoms with Gasteiger partial charge in [0.15, 0.2) is 17.3 Å². The topological polar surface area (TPSA) is 133 Å². The summed E-state index contributed by atoms with van der Waals surface area (Å²) in [6, 6.07) is 4.45. The Hall–Kier alpha value is -3.79. The predicted molar refractivity (Wildman–Crippen MR) is 158 cm³/mol. The Morgan fingerprint density at radius 2 is 1.51 bits per heavy atom. The third-order valence-electron chi connectivity index (χ3n) is 5.69. The Kier molecular flexibility index (Phi) is 21.8. The predicted octanol–water partition coefficient (Wildman–Crippen LogP) is 5.42. The molecule has 0 bridgehead atoms. The number of nitrogens with one attached hydrogen (secondary N) is 1. The lowest BCUT2D eigenvalue weighted by molar-refractivity contribution is -0.134. The molecule has 1 amide bonds. The maximum atomic E-state index is 14.3. The molecular weight excluding hydrogens is 531 g/mol. The number of carboxylic acids is 2. The van der Waals surface area contributed by atoms with E-state index in [0.29, 0.717) is 24.1 Å². The molecule has 0 radical (unpaired) electrons. The smallest absolute Gasteiger partial charge is 0.328 e. The van der Waals surface area contributed by atoms with Gasteiger partial charge in [0.2, 0.25) is 5.91 Å². The molecule has 10 heteroatoms. The van der Waals surface area contributed by atoms with Crippen LogP contribution in [0.5, 0.6) is 5.75 Å². The number of Topliss-reactive ketones (excluding diaryl/α,β-unsaturated/α-hetero) is 1. The zero-order valence-corrected chi connectivity index (χ0v) is 24.3. The molecule has 0 aliphatic rings. The van der Waals surface area contributed by atoms with Gasteiger partial charge in [0.1, 0.15) is 6.61 Å². The second-order valence-corrected chi connectivity index (χ2v) is 9.43. The fourth-order valence-corrected chi connectivity index (χ4v) is 3.57. The summed E-state index contributed by atoms with van der Waals surface area (Å²) in [6.07, 6.45) is 15.8. The number of carbonyl (C=O) groups excluding carboxylic acids is 2. The second kappa shape index (κ2) is 24.0. The van der Waals surface area contributed by atoms with Gasteiger partial charge in [-0.1, -0.05) is 56.8 Å². The van der Waals surface area contributed by atoms with E-state index >= 15 is 0 Å². The van der Waals surface area contributed by atoms with Gasteiger partial charge in [-0.3, -0.25) is 14.5 Å². The van der Waals surface area contributed by atoms with Crippen molar-refractivity contribution < 1.29 is 38.5 Å². The number of likely N-dealkylation sites (N-methyl/N-ethyl adjacent to an activating group) is 1. The van der Waals surface area contributed by atoms with E-state index in [0.717, 1.165) is 58.2 Å². The number of aliphatic carboxylic acids is 2. The van der Waals surface area contributed by atoms with Crippen LogP contribution in [0.15, 0.2) is 55.2 Å². The van der Waals surface area contributed by atoms with Crippen LogP contribution in [0, 0.1) is 5.82 Å². The highest BCUT2D eigenvalue weighted by Gasteiger charge is 2.10. The Labute approximate surface area is 242 Å². The molecule has 0 saturated carbocycles. The zero-order chi connectivity index (χ0) is 30.9. The molecule has 0 heterocycles. The van der Waals surface area contributed by atoms with Crippen molar-refractivity contribution >= 4 is 23.6 Å². The largest absolute Gasteiger partial charge is 0.486 e. The molecule has 0 spiro atoms. The fraction of sp³-hybridized carbons (Fsp3) is 0.484. The number of unbranched alkanes of at least 4 members (excludes halogenated alkanes) is 7. The Morgan fingerprint density at radius 1 is 0.927 bits per heavy atom. The number of nitrogens with zero attached hydrogens (tertiary/aromatic N) is 1. The van der Waals surface area contributed by atoms with Crippen molar-refractivity contribution in [1.82, 2.24) is 10.2 Å². The third-order valence-corrected chi connectivity index (χ3v) is 5.69. The highest BCUT2D eigenvalue weighted by Crippen LogP contribution is 2.20. The average molecular weight is 577 g/mol. The van der Waals surface area contributed by atoms with Crippen molar-refractivity contribution in [2.24, 2.45) is 0 Å². The van der Waals surface area contributed by atoms with Gasteiger partial charge in [-0.05, 0) is 38.1 Å². The van der Waals surface area contributed by atoms with Crippen LogP contribution >= 0.6 is 0 Å². The van der Waals surface area contributed by atoms with Crippen molar-refractivity contribution in [1.29, 1.82) is 0 Å². The molecule has 0 unspecified atom stereocenters. The lowest BCUT2D eigenvalue weighted by Gasteiger charge is -2.10. The maximum Gasteiger partial charge on any atom is 0.328 e. The van der Waals surface area contributed by atoms with Gasteiger partial charge >= 0.3 is 11.9 Å². The minimum atomic E-state index is -1.26. The van der Waals surface area contributed by atoms with Crippen LogP contribution in [0.3, 0.4) is 0 Å². The molecule has 0 aliphatic heterocycles. The molecule has 0 atom stereocenters. The molecule has 0 aromatic heterocycles. The number of benzene rings is 1. The van der Waals surface area contributed by atoms with E-state index in [2.05, 4.69) is 16.8 Å². The number of rotatable bonds is 21. The van der Waals surface area contributed by atoms with Crippen molar-refractivity contribution in [2.45, 2.75) is 64.7 Å². The van der Waals surface area contributed by atoms with E-state index < -0.39 is 17.8 Å². The van der Waals surface area contributed by atoms with Crippen LogP contribution in [0.2, 0.25) is 0 Å². The van der Waals surface area contributed by atoms with Gasteiger partial charge in [-0.15, -0.1) is 6.58 Å². The molecule has 1 aromatic carbocycles. The lowest BCUT2D eigenvalue weighted by atomic mass is 10.0. The van der Waals surface area contributed by atoms with E-state index in [1.165, 1.54) is 31.9 Å². The van der Waals surface area contributed by atoms with E-state index in [-0.39, 0.29) is 24.0 Å². The van der Waals surface area contributed by atoms with Gasteiger partial charge < -0.3 is 20.3 Å². The van der Waals surface area contributed by atoms with Crippen LogP contribution in [0.4, 0.5) is 4.39 Å². The van der Waals surface area contributed by atoms with Crippen LogP contribution in [-0.4, -0.2) is 72.0 Å². The standard InChI is InChI=1S/C27H41FN2O3.C4H4O4/c1-4-19-30(3)20-13-14-21-33-27-17-16-24(22-25(27)28)26(32)15-11-9-7-5-6-8-10-12-18-29-23(2)31;5-3(6)1-2-4(7)8/h4,13-14,16-17,22H,1,5-12,15,18-21H2,2-3H3,(H,29,31);1-2H,(H,5,6)(H,7,8). The first-order valence-corrected chi connectivity index (χ1v) is 13.8. The van der Waals surface area contributed by atoms with Crippen LogP contribution < -0.4 is 10.1 Å². The Balaban J connectivity index is 0.00000173. The molecule has 0 saturated heterocycles. The first-order valence-electron chi connectivity index (χ1n) is 13.8. The van der Waals surface area contributed by atoms with E-state index in [1.807, 2.05) is 25.3 Å². The zero-order valence-electron chi connectivity index (χ0n) is 24.3. The average Bonchev–Trinajstić information content (AvgIpc) is 2.91. The normalized spacial score (nSPS) is 10.8. The molecular formula is C31H45FN2O7. The van der Waals surface area contributed by atoms with Gasteiger partial charge in [0.05, 0.1) is 0 Å². The molecule has 1 aromatic rings. The molecule has 0 aliphatic carbocycles. The van der Waals surface area contributed by atoms with Gasteiger partial charge in [0.25, 0.3) is 0 Å². The summed E-state index contributed by atoms with van der Waals surface area (Å²) >= 11 is 0. The molecule has 9 nitrogen and oxygen atoms in total. The van der Waals surface area contributed by atoms with Crippen molar-refractivity contribution in [3.8, 4) is 5.75 Å². The van der Waals surface area contributed by atoms with Gasteiger partial charge in [0, 0.05) is 50.7 Å². The monoisotopic (exact) mass is 576 g/mol. The lowest BCUT2D eigenvalue weighted by Crippen LogP contribution is -2.20. The number of hydrogen-bond acceptors (Lipinski definition) is 6. The number of ether oxygens (including phenoxy) is 1.